The normalized spacial score (nSPS) is 13.0. The summed E-state index contributed by atoms with van der Waals surface area (Å²) in [6, 6.07) is 7.10. The van der Waals surface area contributed by atoms with E-state index in [0.29, 0.717) is 10.8 Å². The molecular weight excluding hydrogens is 238 g/mol. The fourth-order valence-corrected chi connectivity index (χ4v) is 1.44. The van der Waals surface area contributed by atoms with Crippen molar-refractivity contribution in [3.05, 3.63) is 29.3 Å². The van der Waals surface area contributed by atoms with Gasteiger partial charge >= 0.3 is 0 Å². The Balaban J connectivity index is 2.64. The molecule has 3 nitrogen and oxygen atoms in total. The van der Waals surface area contributed by atoms with Gasteiger partial charge in [0, 0.05) is 5.54 Å². The van der Waals surface area contributed by atoms with Crippen LogP contribution < -0.4 is 10.1 Å². The van der Waals surface area contributed by atoms with Crippen LogP contribution in [0.25, 0.3) is 0 Å². The van der Waals surface area contributed by atoms with Crippen LogP contribution in [0.2, 0.25) is 5.02 Å². The highest BCUT2D eigenvalue weighted by molar-refractivity contribution is 6.32. The lowest BCUT2D eigenvalue weighted by molar-refractivity contribution is -0.128. The van der Waals surface area contributed by atoms with Crippen LogP contribution in [0.5, 0.6) is 5.75 Å². The van der Waals surface area contributed by atoms with Gasteiger partial charge in [0.25, 0.3) is 5.91 Å². The van der Waals surface area contributed by atoms with Gasteiger partial charge in [-0.3, -0.25) is 4.79 Å². The third-order valence-electron chi connectivity index (χ3n) is 2.01. The van der Waals surface area contributed by atoms with Crippen molar-refractivity contribution in [2.75, 3.05) is 0 Å². The van der Waals surface area contributed by atoms with E-state index in [4.69, 9.17) is 16.3 Å². The van der Waals surface area contributed by atoms with Gasteiger partial charge in [0.1, 0.15) is 5.75 Å². The molecule has 0 saturated heterocycles. The average Bonchev–Trinajstić information content (AvgIpc) is 2.18. The van der Waals surface area contributed by atoms with E-state index in [1.807, 2.05) is 32.9 Å². The highest BCUT2D eigenvalue weighted by atomic mass is 35.5. The predicted octanol–water partition coefficient (Wildman–Crippen LogP) is 3.02. The molecule has 0 unspecified atom stereocenters. The number of ether oxygens (including phenoxy) is 1. The standard InChI is InChI=1S/C13H18ClNO2/c1-9(12(16)15-13(2,3)4)17-11-8-6-5-7-10(11)14/h5-9H,1-4H3,(H,15,16)/t9-/m0/s1. The summed E-state index contributed by atoms with van der Waals surface area (Å²) in [4.78, 5) is 11.8. The Labute approximate surface area is 107 Å². The smallest absolute Gasteiger partial charge is 0.261 e. The Morgan fingerprint density at radius 1 is 1.35 bits per heavy atom. The number of carbonyl (C=O) groups excluding carboxylic acids is 1. The lowest BCUT2D eigenvalue weighted by Crippen LogP contribution is -2.46. The Morgan fingerprint density at radius 2 is 1.94 bits per heavy atom. The van der Waals surface area contributed by atoms with E-state index in [1.165, 1.54) is 0 Å². The minimum Gasteiger partial charge on any atom is -0.479 e. The second-order valence-corrected chi connectivity index (χ2v) is 5.34. The van der Waals surface area contributed by atoms with Gasteiger partial charge < -0.3 is 10.1 Å². The van der Waals surface area contributed by atoms with Gasteiger partial charge in [-0.15, -0.1) is 0 Å². The van der Waals surface area contributed by atoms with E-state index >= 15 is 0 Å². The highest BCUT2D eigenvalue weighted by Crippen LogP contribution is 2.24. The number of halogens is 1. The van der Waals surface area contributed by atoms with E-state index in [2.05, 4.69) is 5.32 Å². The second-order valence-electron chi connectivity index (χ2n) is 4.93. The fourth-order valence-electron chi connectivity index (χ4n) is 1.26. The Morgan fingerprint density at radius 3 is 2.47 bits per heavy atom. The average molecular weight is 256 g/mol. The number of carbonyl (C=O) groups is 1. The first kappa shape index (κ1) is 13.8. The molecule has 0 spiro atoms. The van der Waals surface area contributed by atoms with Crippen molar-refractivity contribution in [2.45, 2.75) is 39.3 Å². The molecule has 0 aliphatic rings. The molecule has 1 amide bonds. The summed E-state index contributed by atoms with van der Waals surface area (Å²) >= 11 is 5.95. The summed E-state index contributed by atoms with van der Waals surface area (Å²) in [7, 11) is 0. The summed E-state index contributed by atoms with van der Waals surface area (Å²) < 4.78 is 5.51. The molecule has 4 heteroatoms. The quantitative estimate of drug-likeness (QED) is 0.902. The van der Waals surface area contributed by atoms with E-state index in [-0.39, 0.29) is 11.4 Å². The zero-order valence-corrected chi connectivity index (χ0v) is 11.3. The number of hydrogen-bond donors (Lipinski definition) is 1. The van der Waals surface area contributed by atoms with Crippen LogP contribution in [0.15, 0.2) is 24.3 Å². The summed E-state index contributed by atoms with van der Waals surface area (Å²) in [6.45, 7) is 7.47. The van der Waals surface area contributed by atoms with Crippen molar-refractivity contribution < 1.29 is 9.53 Å². The lowest BCUT2D eigenvalue weighted by atomic mass is 10.1. The molecule has 1 aromatic carbocycles. The van der Waals surface area contributed by atoms with Crippen LogP contribution in [0, 0.1) is 0 Å². The first-order valence-electron chi connectivity index (χ1n) is 5.53. The van der Waals surface area contributed by atoms with Crippen LogP contribution in [-0.2, 0) is 4.79 Å². The number of para-hydroxylation sites is 1. The largest absolute Gasteiger partial charge is 0.479 e. The molecule has 0 saturated carbocycles. The molecule has 0 aliphatic heterocycles. The molecule has 0 fully saturated rings. The van der Waals surface area contributed by atoms with Gasteiger partial charge in [-0.05, 0) is 39.8 Å². The van der Waals surface area contributed by atoms with E-state index in [9.17, 15) is 4.79 Å². The first-order valence-corrected chi connectivity index (χ1v) is 5.90. The number of amides is 1. The third kappa shape index (κ3) is 4.65. The molecule has 0 bridgehead atoms. The Kier molecular flexibility index (Phi) is 4.40. The monoisotopic (exact) mass is 255 g/mol. The van der Waals surface area contributed by atoms with Crippen LogP contribution >= 0.6 is 11.6 Å². The molecule has 94 valence electrons. The molecule has 1 N–H and O–H groups in total. The zero-order valence-electron chi connectivity index (χ0n) is 10.6. The number of hydrogen-bond acceptors (Lipinski definition) is 2. The summed E-state index contributed by atoms with van der Waals surface area (Å²) in [5.41, 5.74) is -0.269. The number of benzene rings is 1. The molecule has 1 atom stereocenters. The third-order valence-corrected chi connectivity index (χ3v) is 2.32. The van der Waals surface area contributed by atoms with Crippen LogP contribution in [0.1, 0.15) is 27.7 Å². The van der Waals surface area contributed by atoms with Crippen molar-refractivity contribution in [3.8, 4) is 5.75 Å². The summed E-state index contributed by atoms with van der Waals surface area (Å²) in [5.74, 6) is 0.364. The van der Waals surface area contributed by atoms with Crippen LogP contribution in [0.3, 0.4) is 0 Å². The van der Waals surface area contributed by atoms with Crippen molar-refractivity contribution >= 4 is 17.5 Å². The SMILES string of the molecule is C[C@H](Oc1ccccc1Cl)C(=O)NC(C)(C)C. The maximum Gasteiger partial charge on any atom is 0.261 e. The molecule has 1 aromatic rings. The molecule has 0 radical (unpaired) electrons. The van der Waals surface area contributed by atoms with Crippen molar-refractivity contribution in [1.82, 2.24) is 5.32 Å². The molecular formula is C13H18ClNO2. The van der Waals surface area contributed by atoms with E-state index < -0.39 is 6.10 Å². The lowest BCUT2D eigenvalue weighted by Gasteiger charge is -2.23. The zero-order chi connectivity index (χ0) is 13.1. The van der Waals surface area contributed by atoms with Crippen molar-refractivity contribution in [1.29, 1.82) is 0 Å². The number of nitrogens with one attached hydrogen (secondary N) is 1. The maximum atomic E-state index is 11.8. The van der Waals surface area contributed by atoms with Crippen molar-refractivity contribution in [3.63, 3.8) is 0 Å². The second kappa shape index (κ2) is 5.41. The van der Waals surface area contributed by atoms with Gasteiger partial charge in [0.05, 0.1) is 5.02 Å². The van der Waals surface area contributed by atoms with Gasteiger partial charge in [-0.1, -0.05) is 23.7 Å². The minimum atomic E-state index is -0.575. The minimum absolute atomic E-state index is 0.155. The molecule has 1 rings (SSSR count). The van der Waals surface area contributed by atoms with E-state index in [0.717, 1.165) is 0 Å². The van der Waals surface area contributed by atoms with Gasteiger partial charge in [-0.25, -0.2) is 0 Å². The summed E-state index contributed by atoms with van der Waals surface area (Å²) in [5, 5.41) is 3.35. The first-order chi connectivity index (χ1) is 7.79. The van der Waals surface area contributed by atoms with E-state index in [1.54, 1.807) is 19.1 Å². The molecule has 0 aromatic heterocycles. The fraction of sp³-hybridized carbons (Fsp3) is 0.462. The maximum absolute atomic E-state index is 11.8. The summed E-state index contributed by atoms with van der Waals surface area (Å²) in [6.07, 6.45) is -0.575. The topological polar surface area (TPSA) is 38.3 Å². The Bertz CT molecular complexity index is 399. The number of rotatable bonds is 3. The molecule has 17 heavy (non-hydrogen) atoms. The Hall–Kier alpha value is -1.22. The van der Waals surface area contributed by atoms with Gasteiger partial charge in [-0.2, -0.15) is 0 Å². The van der Waals surface area contributed by atoms with Gasteiger partial charge in [0.15, 0.2) is 6.10 Å². The molecule has 0 aliphatic carbocycles. The van der Waals surface area contributed by atoms with Crippen LogP contribution in [-0.4, -0.2) is 17.6 Å². The van der Waals surface area contributed by atoms with Crippen molar-refractivity contribution in [2.24, 2.45) is 0 Å². The highest BCUT2D eigenvalue weighted by Gasteiger charge is 2.20. The predicted molar refractivity (Wildman–Crippen MR) is 69.4 cm³/mol. The van der Waals surface area contributed by atoms with Gasteiger partial charge in [0.2, 0.25) is 0 Å². The van der Waals surface area contributed by atoms with Crippen LogP contribution in [0.4, 0.5) is 0 Å². The molecule has 0 heterocycles.